The number of halogens is 1. The van der Waals surface area contributed by atoms with Crippen LogP contribution in [0.25, 0.3) is 0 Å². The van der Waals surface area contributed by atoms with Crippen LogP contribution < -0.4 is 0 Å². The number of hydrogen-bond donors (Lipinski definition) is 2. The minimum Gasteiger partial charge on any atom is -0.495 e. The normalized spacial score (nSPS) is 30.4. The Morgan fingerprint density at radius 2 is 2.21 bits per heavy atom. The van der Waals surface area contributed by atoms with Crippen LogP contribution in [-0.2, 0) is 14.3 Å². The van der Waals surface area contributed by atoms with Crippen LogP contribution in [0.2, 0.25) is 0 Å². The lowest BCUT2D eigenvalue weighted by Crippen LogP contribution is -2.18. The number of unbranched alkanes of at least 4 members (excludes halogenated alkanes) is 1. The topological polar surface area (TPSA) is 76.0 Å². The fraction of sp³-hybridized carbons (Fsp3) is 0.773. The first-order valence-electron chi connectivity index (χ1n) is 10.5. The third-order valence-electron chi connectivity index (χ3n) is 5.84. The Kier molecular flexibility index (Phi) is 9.83. The lowest BCUT2D eigenvalue weighted by atomic mass is 9.90. The number of methoxy groups -OCH3 is 1. The zero-order valence-corrected chi connectivity index (χ0v) is 17.8. The van der Waals surface area contributed by atoms with Crippen LogP contribution in [0.3, 0.4) is 0 Å². The molecule has 2 aliphatic rings. The van der Waals surface area contributed by atoms with E-state index in [0.29, 0.717) is 31.1 Å². The van der Waals surface area contributed by atoms with Crippen molar-refractivity contribution < 1.29 is 24.5 Å². The van der Waals surface area contributed by atoms with Crippen molar-refractivity contribution in [2.24, 2.45) is 17.8 Å². The molecule has 28 heavy (non-hydrogen) atoms. The van der Waals surface area contributed by atoms with Gasteiger partial charge >= 0.3 is 5.97 Å². The predicted molar refractivity (Wildman–Crippen MR) is 110 cm³/mol. The number of allylic oxidation sites excluding steroid dienone is 2. The fourth-order valence-corrected chi connectivity index (χ4v) is 4.44. The van der Waals surface area contributed by atoms with Crippen LogP contribution in [-0.4, -0.2) is 47.5 Å². The van der Waals surface area contributed by atoms with Crippen molar-refractivity contribution in [2.45, 2.75) is 76.6 Å². The zero-order valence-electron chi connectivity index (χ0n) is 17.1. The summed E-state index contributed by atoms with van der Waals surface area (Å²) in [5.74, 6) is 2.12. The summed E-state index contributed by atoms with van der Waals surface area (Å²) >= 11 is 5.73. The number of carbonyl (C=O) groups excluding carboxylic acids is 1. The van der Waals surface area contributed by atoms with E-state index in [9.17, 15) is 15.0 Å². The zero-order chi connectivity index (χ0) is 20.5. The molecule has 2 N–H and O–H groups in total. The van der Waals surface area contributed by atoms with Crippen LogP contribution >= 0.6 is 11.6 Å². The van der Waals surface area contributed by atoms with E-state index in [1.165, 1.54) is 7.11 Å². The molecule has 1 aliphatic heterocycles. The Morgan fingerprint density at radius 3 is 2.93 bits per heavy atom. The molecule has 0 amide bonds. The molecule has 0 aromatic carbocycles. The van der Waals surface area contributed by atoms with Gasteiger partial charge in [0, 0.05) is 37.0 Å². The van der Waals surface area contributed by atoms with Crippen LogP contribution in [0, 0.1) is 17.8 Å². The number of hydrogen-bond acceptors (Lipinski definition) is 5. The highest BCUT2D eigenvalue weighted by molar-refractivity contribution is 6.17. The summed E-state index contributed by atoms with van der Waals surface area (Å²) in [6.45, 7) is 2.13. The van der Waals surface area contributed by atoms with E-state index in [1.807, 2.05) is 12.2 Å². The van der Waals surface area contributed by atoms with Crippen LogP contribution in [0.1, 0.15) is 58.3 Å². The maximum Gasteiger partial charge on any atom is 0.305 e. The second-order valence-electron chi connectivity index (χ2n) is 8.17. The third kappa shape index (κ3) is 7.09. The second-order valence-corrected chi connectivity index (χ2v) is 8.55. The van der Waals surface area contributed by atoms with Crippen LogP contribution in [0.5, 0.6) is 0 Å². The number of aliphatic hydroxyl groups is 2. The van der Waals surface area contributed by atoms with Crippen molar-refractivity contribution in [3.05, 3.63) is 24.0 Å². The molecule has 1 aliphatic carbocycles. The van der Waals surface area contributed by atoms with Crippen molar-refractivity contribution in [3.8, 4) is 0 Å². The Labute approximate surface area is 173 Å². The molecule has 160 valence electrons. The molecule has 0 unspecified atom stereocenters. The summed E-state index contributed by atoms with van der Waals surface area (Å²) in [7, 11) is 1.40. The van der Waals surface area contributed by atoms with Crippen molar-refractivity contribution in [2.75, 3.05) is 13.0 Å². The molecule has 0 spiro atoms. The minimum atomic E-state index is -0.493. The van der Waals surface area contributed by atoms with E-state index >= 15 is 0 Å². The van der Waals surface area contributed by atoms with E-state index in [2.05, 4.69) is 17.7 Å². The van der Waals surface area contributed by atoms with E-state index in [1.54, 1.807) is 0 Å². The number of aliphatic hydroxyl groups excluding tert-OH is 2. The second kappa shape index (κ2) is 11.8. The molecule has 2 fully saturated rings. The molecule has 2 rings (SSSR count). The predicted octanol–water partition coefficient (Wildman–Crippen LogP) is 3.96. The maximum absolute atomic E-state index is 11.2. The summed E-state index contributed by atoms with van der Waals surface area (Å²) < 4.78 is 10.7. The van der Waals surface area contributed by atoms with Gasteiger partial charge in [0.05, 0.1) is 25.1 Å². The van der Waals surface area contributed by atoms with Gasteiger partial charge in [-0.3, -0.25) is 4.79 Å². The van der Waals surface area contributed by atoms with Gasteiger partial charge in [-0.15, -0.1) is 11.6 Å². The van der Waals surface area contributed by atoms with E-state index in [-0.39, 0.29) is 23.9 Å². The van der Waals surface area contributed by atoms with Gasteiger partial charge in [0.15, 0.2) is 0 Å². The van der Waals surface area contributed by atoms with Gasteiger partial charge in [-0.1, -0.05) is 19.1 Å². The summed E-state index contributed by atoms with van der Waals surface area (Å²) in [4.78, 5) is 11.2. The van der Waals surface area contributed by atoms with Gasteiger partial charge in [-0.05, 0) is 44.1 Å². The van der Waals surface area contributed by atoms with Gasteiger partial charge < -0.3 is 19.7 Å². The molecule has 6 atom stereocenters. The van der Waals surface area contributed by atoms with Crippen LogP contribution in [0.4, 0.5) is 0 Å². The number of alkyl halides is 1. The molecule has 6 heteroatoms. The molecule has 0 bridgehead atoms. The number of ether oxygens (including phenoxy) is 2. The number of fused-ring (bicyclic) bond motifs is 1. The van der Waals surface area contributed by atoms with Crippen molar-refractivity contribution >= 4 is 17.6 Å². The summed E-state index contributed by atoms with van der Waals surface area (Å²) in [5, 5.41) is 20.7. The fourth-order valence-electron chi connectivity index (χ4n) is 4.29. The van der Waals surface area contributed by atoms with Crippen molar-refractivity contribution in [1.82, 2.24) is 0 Å². The summed E-state index contributed by atoms with van der Waals surface area (Å²) in [5.41, 5.74) is 0. The molecular formula is C22H35ClO5. The quantitative estimate of drug-likeness (QED) is 0.231. The largest absolute Gasteiger partial charge is 0.495 e. The van der Waals surface area contributed by atoms with Gasteiger partial charge in [-0.2, -0.15) is 0 Å². The van der Waals surface area contributed by atoms with Gasteiger partial charge in [0.2, 0.25) is 0 Å². The first kappa shape index (κ1) is 23.2. The number of esters is 1. The first-order valence-corrected chi connectivity index (χ1v) is 11.0. The first-order chi connectivity index (χ1) is 13.4. The highest BCUT2D eigenvalue weighted by atomic mass is 35.5. The molecule has 1 saturated heterocycles. The molecule has 1 heterocycles. The summed E-state index contributed by atoms with van der Waals surface area (Å²) in [6.07, 6.45) is 11.1. The molecule has 0 radical (unpaired) electrons. The lowest BCUT2D eigenvalue weighted by molar-refractivity contribution is -0.140. The molecule has 5 nitrogen and oxygen atoms in total. The maximum atomic E-state index is 11.2. The Hall–Kier alpha value is -1.04. The monoisotopic (exact) mass is 414 g/mol. The average Bonchev–Trinajstić information content (AvgIpc) is 3.18. The van der Waals surface area contributed by atoms with Crippen molar-refractivity contribution in [1.29, 1.82) is 0 Å². The molecule has 0 aromatic rings. The van der Waals surface area contributed by atoms with E-state index in [4.69, 9.17) is 16.3 Å². The Bertz CT molecular complexity index is 547. The van der Waals surface area contributed by atoms with E-state index < -0.39 is 12.2 Å². The third-order valence-corrected chi connectivity index (χ3v) is 6.11. The molecule has 0 aromatic heterocycles. The highest BCUT2D eigenvalue weighted by Gasteiger charge is 2.46. The number of rotatable bonds is 11. The van der Waals surface area contributed by atoms with Crippen molar-refractivity contribution in [3.63, 3.8) is 0 Å². The molecule has 1 saturated carbocycles. The Balaban J connectivity index is 1.81. The summed E-state index contributed by atoms with van der Waals surface area (Å²) in [6, 6.07) is 0. The number of carbonyl (C=O) groups is 1. The average molecular weight is 415 g/mol. The lowest BCUT2D eigenvalue weighted by Gasteiger charge is -2.17. The van der Waals surface area contributed by atoms with Gasteiger partial charge in [0.1, 0.15) is 6.10 Å². The molecular weight excluding hydrogens is 380 g/mol. The van der Waals surface area contributed by atoms with Crippen LogP contribution in [0.15, 0.2) is 24.0 Å². The Morgan fingerprint density at radius 1 is 1.43 bits per heavy atom. The van der Waals surface area contributed by atoms with E-state index in [0.717, 1.165) is 37.9 Å². The minimum absolute atomic E-state index is 0.0127. The highest BCUT2D eigenvalue weighted by Crippen LogP contribution is 2.45. The standard InChI is InChI=1S/C22H35ClO5/c1-15(6-5-11-23)12-16(24)9-10-18-19-13-17(28-21(19)14-20(18)25)7-3-4-8-22(26)27-2/h7,9-10,15-16,18-21,24-25H,3-6,8,11-14H2,1-2H3/b10-9+,17-7-/t15-,16-,18-,19-,20-,21-/m1/s1. The van der Waals surface area contributed by atoms with Gasteiger partial charge in [0.25, 0.3) is 0 Å². The smallest absolute Gasteiger partial charge is 0.305 e. The van der Waals surface area contributed by atoms with Gasteiger partial charge in [-0.25, -0.2) is 0 Å². The SMILES string of the molecule is COC(=O)CCC/C=C1/C[C@@H]2[C@@H](/C=C/[C@@H](O)C[C@H](C)CCCCl)[C@H](O)C[C@H]2O1.